The largest absolute Gasteiger partial charge is 0.465 e. The predicted octanol–water partition coefficient (Wildman–Crippen LogP) is 6.85. The zero-order chi connectivity index (χ0) is 29.0. The molecule has 1 aliphatic heterocycles. The molecule has 1 heterocycles. The van der Waals surface area contributed by atoms with E-state index in [0.717, 1.165) is 44.5 Å². The number of rotatable bonds is 12. The summed E-state index contributed by atoms with van der Waals surface area (Å²) in [4.78, 5) is 29.2. The first-order valence-corrected chi connectivity index (χ1v) is 17.4. The highest BCUT2D eigenvalue weighted by atomic mass is 33.1. The Morgan fingerprint density at radius 1 is 0.667 bits per heavy atom. The summed E-state index contributed by atoms with van der Waals surface area (Å²) < 4.78 is 11.0. The van der Waals surface area contributed by atoms with Crippen LogP contribution < -0.4 is 0 Å². The van der Waals surface area contributed by atoms with E-state index < -0.39 is 5.54 Å². The molecule has 2 fully saturated rings. The van der Waals surface area contributed by atoms with Crippen molar-refractivity contribution in [3.05, 3.63) is 108 Å². The quantitative estimate of drug-likeness (QED) is 0.0970. The molecule has 1 aliphatic carbocycles. The number of piperazine rings is 1. The van der Waals surface area contributed by atoms with Gasteiger partial charge in [-0.05, 0) is 29.5 Å². The van der Waals surface area contributed by atoms with E-state index in [1.54, 1.807) is 21.6 Å². The van der Waals surface area contributed by atoms with Crippen LogP contribution in [0.1, 0.15) is 42.4 Å². The number of nitrogens with zero attached hydrogens (tertiary/aromatic N) is 2. The van der Waals surface area contributed by atoms with Gasteiger partial charge in [0, 0.05) is 37.7 Å². The van der Waals surface area contributed by atoms with E-state index in [1.165, 1.54) is 16.7 Å². The van der Waals surface area contributed by atoms with E-state index in [0.29, 0.717) is 32.1 Å². The summed E-state index contributed by atoms with van der Waals surface area (Å²) in [6.07, 6.45) is 3.95. The minimum absolute atomic E-state index is 0.0410. The van der Waals surface area contributed by atoms with Crippen LogP contribution in [0.5, 0.6) is 0 Å². The molecule has 42 heavy (non-hydrogen) atoms. The van der Waals surface area contributed by atoms with Crippen molar-refractivity contribution >= 4 is 33.7 Å². The van der Waals surface area contributed by atoms with Crippen molar-refractivity contribution in [3.63, 3.8) is 0 Å². The van der Waals surface area contributed by atoms with Crippen LogP contribution in [0.4, 0.5) is 4.79 Å². The highest BCUT2D eigenvalue weighted by Gasteiger charge is 2.43. The number of ether oxygens (including phenoxy) is 2. The number of esters is 1. The Kier molecular flexibility index (Phi) is 11.3. The molecule has 0 N–H and O–H groups in total. The second kappa shape index (κ2) is 15.5. The minimum Gasteiger partial charge on any atom is -0.465 e. The maximum Gasteiger partial charge on any atom is 0.409 e. The first-order valence-electron chi connectivity index (χ1n) is 14.9. The summed E-state index contributed by atoms with van der Waals surface area (Å²) in [7, 11) is 3.29. The topological polar surface area (TPSA) is 59.1 Å². The lowest BCUT2D eigenvalue weighted by Crippen LogP contribution is -2.57. The Hall–Kier alpha value is -2.94. The summed E-state index contributed by atoms with van der Waals surface area (Å²) in [5, 5.41) is 0. The Bertz CT molecular complexity index is 1150. The molecule has 3 aromatic carbocycles. The average molecular weight is 605 g/mol. The first kappa shape index (κ1) is 30.5. The third-order valence-electron chi connectivity index (χ3n) is 8.16. The van der Waals surface area contributed by atoms with Gasteiger partial charge in [0.25, 0.3) is 0 Å². The van der Waals surface area contributed by atoms with Crippen LogP contribution in [-0.4, -0.2) is 72.8 Å². The lowest BCUT2D eigenvalue weighted by Gasteiger charge is -2.48. The number of amides is 1. The third kappa shape index (κ3) is 7.33. The molecular weight excluding hydrogens is 565 g/mol. The third-order valence-corrected chi connectivity index (χ3v) is 10.5. The van der Waals surface area contributed by atoms with Crippen molar-refractivity contribution in [2.45, 2.75) is 31.2 Å². The van der Waals surface area contributed by atoms with Crippen molar-refractivity contribution in [3.8, 4) is 0 Å². The summed E-state index contributed by atoms with van der Waals surface area (Å²) in [6, 6.07) is 32.0. The van der Waals surface area contributed by atoms with Gasteiger partial charge in [0.2, 0.25) is 0 Å². The standard InChI is InChI=1S/C34H40N2O4S2/c37-32(28-12-10-11-13-28)39-24-26-41-42-27-25-40-33(38)35-20-22-36(23-21-35)34(29-14-4-1-5-15-29,30-16-6-2-7-17-30)31-18-8-3-9-19-31/h1-9,14-19,28H,10-13,20-27H2. The number of benzene rings is 3. The molecule has 0 spiro atoms. The summed E-state index contributed by atoms with van der Waals surface area (Å²) in [5.41, 5.74) is 3.16. The minimum atomic E-state index is -0.473. The molecule has 0 atom stereocenters. The van der Waals surface area contributed by atoms with Crippen LogP contribution in [0.25, 0.3) is 0 Å². The van der Waals surface area contributed by atoms with Crippen LogP contribution >= 0.6 is 21.6 Å². The molecule has 1 amide bonds. The highest BCUT2D eigenvalue weighted by molar-refractivity contribution is 8.76. The fourth-order valence-electron chi connectivity index (χ4n) is 6.14. The van der Waals surface area contributed by atoms with Crippen LogP contribution in [0.15, 0.2) is 91.0 Å². The molecule has 0 radical (unpaired) electrons. The van der Waals surface area contributed by atoms with E-state index in [9.17, 15) is 9.59 Å². The van der Waals surface area contributed by atoms with Gasteiger partial charge in [-0.25, -0.2) is 4.79 Å². The van der Waals surface area contributed by atoms with Gasteiger partial charge in [-0.2, -0.15) is 0 Å². The predicted molar refractivity (Wildman–Crippen MR) is 172 cm³/mol. The molecule has 1 saturated heterocycles. The Balaban J connectivity index is 1.13. The number of carbonyl (C=O) groups is 2. The van der Waals surface area contributed by atoms with E-state index in [2.05, 4.69) is 95.9 Å². The molecule has 0 bridgehead atoms. The highest BCUT2D eigenvalue weighted by Crippen LogP contribution is 2.42. The van der Waals surface area contributed by atoms with Crippen molar-refractivity contribution < 1.29 is 19.1 Å². The van der Waals surface area contributed by atoms with Gasteiger partial charge in [0.05, 0.1) is 11.5 Å². The molecule has 222 valence electrons. The number of hydrogen-bond donors (Lipinski definition) is 0. The van der Waals surface area contributed by atoms with Gasteiger partial charge >= 0.3 is 12.1 Å². The van der Waals surface area contributed by atoms with Crippen molar-refractivity contribution in [1.82, 2.24) is 9.80 Å². The molecule has 6 nitrogen and oxygen atoms in total. The molecule has 3 aromatic rings. The van der Waals surface area contributed by atoms with E-state index in [-0.39, 0.29) is 18.0 Å². The summed E-state index contributed by atoms with van der Waals surface area (Å²) >= 11 is 0. The normalized spacial score (nSPS) is 16.3. The maximum atomic E-state index is 12.9. The number of hydrogen-bond acceptors (Lipinski definition) is 7. The van der Waals surface area contributed by atoms with Crippen LogP contribution in [0, 0.1) is 5.92 Å². The van der Waals surface area contributed by atoms with E-state index in [1.807, 2.05) is 4.90 Å². The van der Waals surface area contributed by atoms with Gasteiger partial charge in [-0.3, -0.25) is 9.69 Å². The second-order valence-electron chi connectivity index (χ2n) is 10.7. The molecule has 1 saturated carbocycles. The number of carbonyl (C=O) groups excluding carboxylic acids is 2. The molecule has 0 aromatic heterocycles. The first-order chi connectivity index (χ1) is 20.7. The molecular formula is C34H40N2O4S2. The molecule has 5 rings (SSSR count). The van der Waals surface area contributed by atoms with Crippen molar-refractivity contribution in [2.75, 3.05) is 50.9 Å². The lowest BCUT2D eigenvalue weighted by molar-refractivity contribution is -0.147. The second-order valence-corrected chi connectivity index (χ2v) is 13.4. The van der Waals surface area contributed by atoms with Crippen molar-refractivity contribution in [2.24, 2.45) is 5.92 Å². The fourth-order valence-corrected chi connectivity index (χ4v) is 7.79. The zero-order valence-corrected chi connectivity index (χ0v) is 25.7. The van der Waals surface area contributed by atoms with Crippen LogP contribution in [-0.2, 0) is 19.8 Å². The van der Waals surface area contributed by atoms with Gasteiger partial charge in [-0.1, -0.05) is 125 Å². The zero-order valence-electron chi connectivity index (χ0n) is 24.1. The van der Waals surface area contributed by atoms with Crippen LogP contribution in [0.3, 0.4) is 0 Å². The SMILES string of the molecule is O=C(OCCSSCCOC(=O)N1CCN(C(c2ccccc2)(c2ccccc2)c2ccccc2)CC1)C1CCCC1. The Morgan fingerprint density at radius 3 is 1.60 bits per heavy atom. The molecule has 0 unspecified atom stereocenters. The fraction of sp³-hybridized carbons (Fsp3) is 0.412. The van der Waals surface area contributed by atoms with E-state index >= 15 is 0 Å². The smallest absolute Gasteiger partial charge is 0.409 e. The molecule has 8 heteroatoms. The van der Waals surface area contributed by atoms with Crippen LogP contribution in [0.2, 0.25) is 0 Å². The monoisotopic (exact) mass is 604 g/mol. The van der Waals surface area contributed by atoms with Gasteiger partial charge in [0.1, 0.15) is 13.2 Å². The van der Waals surface area contributed by atoms with E-state index in [4.69, 9.17) is 9.47 Å². The molecule has 2 aliphatic rings. The maximum absolute atomic E-state index is 12.9. The summed E-state index contributed by atoms with van der Waals surface area (Å²) in [6.45, 7) is 3.44. The van der Waals surface area contributed by atoms with Gasteiger partial charge in [0.15, 0.2) is 0 Å². The summed E-state index contributed by atoms with van der Waals surface area (Å²) in [5.74, 6) is 1.51. The Labute approximate surface area is 257 Å². The van der Waals surface area contributed by atoms with Crippen molar-refractivity contribution in [1.29, 1.82) is 0 Å². The van der Waals surface area contributed by atoms with Gasteiger partial charge in [-0.15, -0.1) is 0 Å². The Morgan fingerprint density at radius 2 is 1.12 bits per heavy atom. The average Bonchev–Trinajstić information content (AvgIpc) is 3.60. The van der Waals surface area contributed by atoms with Gasteiger partial charge < -0.3 is 14.4 Å². The lowest BCUT2D eigenvalue weighted by atomic mass is 9.75.